The second-order valence-electron chi connectivity index (χ2n) is 7.54. The summed E-state index contributed by atoms with van der Waals surface area (Å²) in [5.74, 6) is 4.89. The minimum absolute atomic E-state index is 0.273. The van der Waals surface area contributed by atoms with Crippen LogP contribution in [0.25, 0.3) is 0 Å². The molecule has 3 rings (SSSR count). The molecule has 0 radical (unpaired) electrons. The molecule has 0 aromatic heterocycles. The SMILES string of the molecule is OC(COc1cccc(OCC(O)CSCCC2SCSCS2)c1)CSCCC1SCSCS1. The number of aliphatic hydroxyl groups excluding tert-OH is 2. The van der Waals surface area contributed by atoms with Crippen LogP contribution in [0.4, 0.5) is 0 Å². The monoisotopic (exact) mass is 618 g/mol. The minimum Gasteiger partial charge on any atom is -0.491 e. The highest BCUT2D eigenvalue weighted by atomic mass is 32.3. The average molecular weight is 619 g/mol. The molecule has 34 heavy (non-hydrogen) atoms. The molecule has 0 amide bonds. The van der Waals surface area contributed by atoms with E-state index in [0.29, 0.717) is 32.2 Å². The Morgan fingerprint density at radius 1 is 0.765 bits per heavy atom. The Morgan fingerprint density at radius 2 is 1.21 bits per heavy atom. The molecule has 2 aliphatic rings. The largest absolute Gasteiger partial charge is 0.491 e. The minimum atomic E-state index is -0.486. The first kappa shape index (κ1) is 30.1. The lowest BCUT2D eigenvalue weighted by atomic mass is 10.3. The van der Waals surface area contributed by atoms with Gasteiger partial charge in [-0.1, -0.05) is 6.07 Å². The second-order valence-corrected chi connectivity index (χ2v) is 18.6. The molecule has 2 atom stereocenters. The Morgan fingerprint density at radius 3 is 1.65 bits per heavy atom. The van der Waals surface area contributed by atoms with Crippen LogP contribution in [0.15, 0.2) is 24.3 Å². The maximum Gasteiger partial charge on any atom is 0.123 e. The van der Waals surface area contributed by atoms with Gasteiger partial charge in [-0.3, -0.25) is 0 Å². The Hall–Kier alpha value is 1.54. The van der Waals surface area contributed by atoms with E-state index in [1.807, 2.05) is 94.8 Å². The van der Waals surface area contributed by atoms with Crippen molar-refractivity contribution in [1.29, 1.82) is 0 Å². The van der Waals surface area contributed by atoms with Gasteiger partial charge in [0.1, 0.15) is 24.7 Å². The fourth-order valence-corrected chi connectivity index (χ4v) is 15.0. The molecule has 1 aromatic rings. The topological polar surface area (TPSA) is 58.9 Å². The normalized spacial score (nSPS) is 19.6. The number of ether oxygens (including phenoxy) is 2. The van der Waals surface area contributed by atoms with Gasteiger partial charge in [0.2, 0.25) is 0 Å². The molecule has 2 N–H and O–H groups in total. The molecule has 0 aliphatic carbocycles. The first-order valence-electron chi connectivity index (χ1n) is 11.2. The maximum absolute atomic E-state index is 10.2. The lowest BCUT2D eigenvalue weighted by Crippen LogP contribution is -2.21. The van der Waals surface area contributed by atoms with Crippen molar-refractivity contribution >= 4 is 94.1 Å². The molecule has 2 saturated heterocycles. The number of hydrogen-bond acceptors (Lipinski definition) is 12. The van der Waals surface area contributed by atoms with Gasteiger partial charge in [0.05, 0.1) is 21.4 Å². The van der Waals surface area contributed by atoms with Crippen LogP contribution in [0.3, 0.4) is 0 Å². The van der Waals surface area contributed by atoms with Crippen molar-refractivity contribution in [2.24, 2.45) is 0 Å². The molecular weight excluding hydrogens is 585 g/mol. The zero-order chi connectivity index (χ0) is 23.8. The molecule has 4 nitrogen and oxygen atoms in total. The van der Waals surface area contributed by atoms with Crippen LogP contribution in [0.5, 0.6) is 11.5 Å². The number of benzene rings is 1. The van der Waals surface area contributed by atoms with Gasteiger partial charge in [0.15, 0.2) is 0 Å². The second kappa shape index (κ2) is 18.7. The summed E-state index contributed by atoms with van der Waals surface area (Å²) in [6, 6.07) is 7.44. The Kier molecular flexibility index (Phi) is 16.6. The lowest BCUT2D eigenvalue weighted by Gasteiger charge is -2.20. The summed E-state index contributed by atoms with van der Waals surface area (Å²) in [4.78, 5) is 0. The first-order chi connectivity index (χ1) is 16.7. The van der Waals surface area contributed by atoms with Gasteiger partial charge < -0.3 is 19.7 Å². The van der Waals surface area contributed by atoms with Crippen molar-refractivity contribution < 1.29 is 19.7 Å². The molecule has 12 heteroatoms. The van der Waals surface area contributed by atoms with Gasteiger partial charge in [0.25, 0.3) is 0 Å². The summed E-state index contributed by atoms with van der Waals surface area (Å²) in [5, 5.41) is 25.3. The van der Waals surface area contributed by atoms with Crippen LogP contribution in [-0.4, -0.2) is 88.1 Å². The Balaban J connectivity index is 1.22. The van der Waals surface area contributed by atoms with Gasteiger partial charge in [-0.05, 0) is 36.5 Å². The van der Waals surface area contributed by atoms with Crippen LogP contribution in [-0.2, 0) is 0 Å². The Labute approximate surface area is 238 Å². The van der Waals surface area contributed by atoms with Crippen LogP contribution in [0.2, 0.25) is 0 Å². The van der Waals surface area contributed by atoms with E-state index >= 15 is 0 Å². The van der Waals surface area contributed by atoms with Crippen molar-refractivity contribution in [3.8, 4) is 11.5 Å². The summed E-state index contributed by atoms with van der Waals surface area (Å²) in [7, 11) is 0. The van der Waals surface area contributed by atoms with E-state index in [9.17, 15) is 10.2 Å². The smallest absolute Gasteiger partial charge is 0.123 e. The molecule has 194 valence electrons. The van der Waals surface area contributed by atoms with Crippen molar-refractivity contribution in [3.63, 3.8) is 0 Å². The Bertz CT molecular complexity index is 610. The molecule has 1 aromatic carbocycles. The zero-order valence-corrected chi connectivity index (χ0v) is 25.6. The summed E-state index contributed by atoms with van der Waals surface area (Å²) in [5.41, 5.74) is 0. The number of aliphatic hydroxyl groups is 2. The van der Waals surface area contributed by atoms with E-state index < -0.39 is 12.2 Å². The molecular formula is C22H34O4S8. The van der Waals surface area contributed by atoms with E-state index in [0.717, 1.165) is 11.5 Å². The highest BCUT2D eigenvalue weighted by Gasteiger charge is 2.16. The summed E-state index contributed by atoms with van der Waals surface area (Å²) in [6.07, 6.45) is 1.41. The highest BCUT2D eigenvalue weighted by Crippen LogP contribution is 2.39. The third kappa shape index (κ3) is 13.4. The van der Waals surface area contributed by atoms with Gasteiger partial charge >= 0.3 is 0 Å². The molecule has 0 bridgehead atoms. The maximum atomic E-state index is 10.2. The van der Waals surface area contributed by atoms with E-state index in [2.05, 4.69) is 0 Å². The predicted molar refractivity (Wildman–Crippen MR) is 166 cm³/mol. The molecule has 0 saturated carbocycles. The van der Waals surface area contributed by atoms with Gasteiger partial charge in [-0.15, -0.1) is 70.6 Å². The van der Waals surface area contributed by atoms with Crippen LogP contribution < -0.4 is 9.47 Å². The summed E-state index contributed by atoms with van der Waals surface area (Å²) < 4.78 is 13.0. The lowest BCUT2D eigenvalue weighted by molar-refractivity contribution is 0.122. The fourth-order valence-electron chi connectivity index (χ4n) is 2.93. The molecule has 2 unspecified atom stereocenters. The van der Waals surface area contributed by atoms with Crippen LogP contribution >= 0.6 is 94.1 Å². The molecule has 2 aliphatic heterocycles. The van der Waals surface area contributed by atoms with E-state index in [1.165, 1.54) is 33.2 Å². The van der Waals surface area contributed by atoms with Gasteiger partial charge in [-0.2, -0.15) is 23.5 Å². The van der Waals surface area contributed by atoms with E-state index in [1.54, 1.807) is 23.5 Å². The third-order valence-corrected chi connectivity index (χ3v) is 15.9. The zero-order valence-electron chi connectivity index (χ0n) is 19.1. The first-order valence-corrected chi connectivity index (χ1v) is 20.0. The van der Waals surface area contributed by atoms with Crippen molar-refractivity contribution in [2.75, 3.05) is 56.6 Å². The third-order valence-electron chi connectivity index (χ3n) is 4.66. The molecule has 2 heterocycles. The fraction of sp³-hybridized carbons (Fsp3) is 0.727. The van der Waals surface area contributed by atoms with Gasteiger partial charge in [0, 0.05) is 37.9 Å². The van der Waals surface area contributed by atoms with Gasteiger partial charge in [-0.25, -0.2) is 0 Å². The summed E-state index contributed by atoms with van der Waals surface area (Å²) in [6.45, 7) is 0.547. The predicted octanol–water partition coefficient (Wildman–Crippen LogP) is 6.32. The number of hydrogen-bond donors (Lipinski definition) is 2. The standard InChI is InChI=1S/C22H34O4S8/c23-17(11-27-6-4-21-31-13-29-14-32-21)9-25-19-2-1-3-20(8-19)26-10-18(24)12-28-7-5-22-33-15-30-16-34-22/h1-3,8,17-18,21-24H,4-7,9-16H2. The van der Waals surface area contributed by atoms with Crippen LogP contribution in [0, 0.1) is 0 Å². The van der Waals surface area contributed by atoms with Crippen LogP contribution in [0.1, 0.15) is 12.8 Å². The van der Waals surface area contributed by atoms with Crippen molar-refractivity contribution in [2.45, 2.75) is 34.2 Å². The molecule has 2 fully saturated rings. The molecule has 0 spiro atoms. The quantitative estimate of drug-likeness (QED) is 0.204. The summed E-state index contributed by atoms with van der Waals surface area (Å²) >= 11 is 15.8. The van der Waals surface area contributed by atoms with E-state index in [-0.39, 0.29) is 13.2 Å². The number of rotatable bonds is 16. The average Bonchev–Trinajstić information content (AvgIpc) is 2.88. The number of thioether (sulfide) groups is 8. The highest BCUT2D eigenvalue weighted by molar-refractivity contribution is 8.33. The van der Waals surface area contributed by atoms with Crippen molar-refractivity contribution in [1.82, 2.24) is 0 Å². The van der Waals surface area contributed by atoms with E-state index in [4.69, 9.17) is 9.47 Å². The van der Waals surface area contributed by atoms with Crippen molar-refractivity contribution in [3.05, 3.63) is 24.3 Å².